The first-order valence-electron chi connectivity index (χ1n) is 5.64. The van der Waals surface area contributed by atoms with Crippen LogP contribution in [-0.2, 0) is 6.54 Å². The summed E-state index contributed by atoms with van der Waals surface area (Å²) < 4.78 is 1.46. The molecule has 1 aromatic carbocycles. The Kier molecular flexibility index (Phi) is 3.71. The van der Waals surface area contributed by atoms with Gasteiger partial charge in [0.05, 0.1) is 6.54 Å². The van der Waals surface area contributed by atoms with Crippen LogP contribution < -0.4 is 5.73 Å². The number of hydrogen-bond acceptors (Lipinski definition) is 4. The lowest BCUT2D eigenvalue weighted by Gasteiger charge is -2.08. The maximum Gasteiger partial charge on any atom is 0.277 e. The van der Waals surface area contributed by atoms with E-state index in [-0.39, 0.29) is 17.4 Å². The van der Waals surface area contributed by atoms with Gasteiger partial charge in [-0.05, 0) is 11.6 Å². The molecule has 1 heterocycles. The Morgan fingerprint density at radius 1 is 1.42 bits per heavy atom. The van der Waals surface area contributed by atoms with Crippen LogP contribution in [0.15, 0.2) is 24.3 Å². The first-order valence-corrected chi connectivity index (χ1v) is 6.02. The standard InChI is InChI=1S/C12H14ClN5O/c1-17(2)12(19)10-11(14)18(16-15-10)7-8-5-3-4-6-9(8)13/h3-6H,7,14H2,1-2H3. The molecule has 0 fully saturated rings. The van der Waals surface area contributed by atoms with Gasteiger partial charge in [0.2, 0.25) is 0 Å². The van der Waals surface area contributed by atoms with Crippen LogP contribution in [0.1, 0.15) is 16.1 Å². The zero-order chi connectivity index (χ0) is 14.0. The first kappa shape index (κ1) is 13.4. The van der Waals surface area contributed by atoms with E-state index < -0.39 is 0 Å². The molecule has 0 aliphatic heterocycles. The zero-order valence-electron chi connectivity index (χ0n) is 10.7. The van der Waals surface area contributed by atoms with Gasteiger partial charge < -0.3 is 10.6 Å². The quantitative estimate of drug-likeness (QED) is 0.918. The number of nitrogens with two attached hydrogens (primary N) is 1. The number of hydrogen-bond donors (Lipinski definition) is 1. The highest BCUT2D eigenvalue weighted by Gasteiger charge is 2.19. The number of nitrogens with zero attached hydrogens (tertiary/aromatic N) is 4. The van der Waals surface area contributed by atoms with Crippen LogP contribution in [-0.4, -0.2) is 39.9 Å². The van der Waals surface area contributed by atoms with Gasteiger partial charge in [0.25, 0.3) is 5.91 Å². The predicted octanol–water partition coefficient (Wildman–Crippen LogP) is 1.26. The summed E-state index contributed by atoms with van der Waals surface area (Å²) >= 11 is 6.07. The summed E-state index contributed by atoms with van der Waals surface area (Å²) in [5.41, 5.74) is 6.90. The zero-order valence-corrected chi connectivity index (χ0v) is 11.4. The van der Waals surface area contributed by atoms with Gasteiger partial charge in [-0.15, -0.1) is 5.10 Å². The van der Waals surface area contributed by atoms with Crippen LogP contribution in [0.25, 0.3) is 0 Å². The Labute approximate surface area is 115 Å². The maximum absolute atomic E-state index is 11.8. The molecule has 2 aromatic rings. The fourth-order valence-corrected chi connectivity index (χ4v) is 1.78. The number of benzene rings is 1. The van der Waals surface area contributed by atoms with Gasteiger partial charge >= 0.3 is 0 Å². The molecule has 19 heavy (non-hydrogen) atoms. The fraction of sp³-hybridized carbons (Fsp3) is 0.250. The number of anilines is 1. The maximum atomic E-state index is 11.8. The molecule has 7 heteroatoms. The lowest BCUT2D eigenvalue weighted by Crippen LogP contribution is -2.23. The number of rotatable bonds is 3. The molecule has 100 valence electrons. The second-order valence-corrected chi connectivity index (χ2v) is 4.68. The molecule has 0 radical (unpaired) electrons. The average Bonchev–Trinajstić information content (AvgIpc) is 2.73. The lowest BCUT2D eigenvalue weighted by molar-refractivity contribution is 0.0823. The van der Waals surface area contributed by atoms with Crippen molar-refractivity contribution in [3.05, 3.63) is 40.5 Å². The Morgan fingerprint density at radius 3 is 2.74 bits per heavy atom. The molecule has 0 atom stereocenters. The highest BCUT2D eigenvalue weighted by Crippen LogP contribution is 2.18. The Bertz CT molecular complexity index is 608. The molecular formula is C12H14ClN5O. The second-order valence-electron chi connectivity index (χ2n) is 4.27. The van der Waals surface area contributed by atoms with Gasteiger partial charge in [-0.3, -0.25) is 4.79 Å². The minimum absolute atomic E-state index is 0.150. The van der Waals surface area contributed by atoms with Crippen molar-refractivity contribution in [3.63, 3.8) is 0 Å². The summed E-state index contributed by atoms with van der Waals surface area (Å²) in [5, 5.41) is 8.33. The van der Waals surface area contributed by atoms with Gasteiger partial charge in [0.15, 0.2) is 11.5 Å². The molecule has 0 aliphatic carbocycles. The first-order chi connectivity index (χ1) is 9.00. The topological polar surface area (TPSA) is 77.0 Å². The van der Waals surface area contributed by atoms with Crippen LogP contribution in [0.5, 0.6) is 0 Å². The van der Waals surface area contributed by atoms with Crippen molar-refractivity contribution < 1.29 is 4.79 Å². The number of aromatic nitrogens is 3. The van der Waals surface area contributed by atoms with Gasteiger partial charge in [-0.25, -0.2) is 4.68 Å². The Balaban J connectivity index is 2.29. The minimum atomic E-state index is -0.275. The molecule has 0 aliphatic rings. The smallest absolute Gasteiger partial charge is 0.277 e. The van der Waals surface area contributed by atoms with E-state index in [0.29, 0.717) is 11.6 Å². The monoisotopic (exact) mass is 279 g/mol. The summed E-state index contributed by atoms with van der Waals surface area (Å²) in [4.78, 5) is 13.2. The molecule has 0 bridgehead atoms. The van der Waals surface area contributed by atoms with Crippen molar-refractivity contribution in [1.82, 2.24) is 19.9 Å². The van der Waals surface area contributed by atoms with Crippen molar-refractivity contribution in [3.8, 4) is 0 Å². The van der Waals surface area contributed by atoms with Crippen molar-refractivity contribution in [2.24, 2.45) is 0 Å². The summed E-state index contributed by atoms with van der Waals surface area (Å²) in [6.07, 6.45) is 0. The van der Waals surface area contributed by atoms with Gasteiger partial charge in [0, 0.05) is 19.1 Å². The Hall–Kier alpha value is -2.08. The van der Waals surface area contributed by atoms with E-state index in [9.17, 15) is 4.79 Å². The van der Waals surface area contributed by atoms with Crippen molar-refractivity contribution in [2.75, 3.05) is 19.8 Å². The average molecular weight is 280 g/mol. The van der Waals surface area contributed by atoms with Gasteiger partial charge in [-0.1, -0.05) is 35.0 Å². The summed E-state index contributed by atoms with van der Waals surface area (Å²) in [6.45, 7) is 0.374. The van der Waals surface area contributed by atoms with Crippen molar-refractivity contribution >= 4 is 23.3 Å². The van der Waals surface area contributed by atoms with Crippen molar-refractivity contribution in [2.45, 2.75) is 6.54 Å². The third-order valence-corrected chi connectivity index (χ3v) is 3.03. The molecule has 0 spiro atoms. The number of amides is 1. The molecule has 0 unspecified atom stereocenters. The number of carbonyl (C=O) groups excluding carboxylic acids is 1. The number of halogens is 1. The predicted molar refractivity (Wildman–Crippen MR) is 73.0 cm³/mol. The molecule has 2 N–H and O–H groups in total. The SMILES string of the molecule is CN(C)C(=O)c1nnn(Cc2ccccc2Cl)c1N. The third-order valence-electron chi connectivity index (χ3n) is 2.66. The van der Waals surface area contributed by atoms with E-state index in [2.05, 4.69) is 10.3 Å². The number of nitrogen functional groups attached to an aromatic ring is 1. The third kappa shape index (κ3) is 2.68. The van der Waals surface area contributed by atoms with Crippen LogP contribution in [0, 0.1) is 0 Å². The molecule has 0 saturated heterocycles. The van der Waals surface area contributed by atoms with Gasteiger partial charge in [0.1, 0.15) is 0 Å². The van der Waals surface area contributed by atoms with Crippen LogP contribution in [0.4, 0.5) is 5.82 Å². The molecule has 1 amide bonds. The Morgan fingerprint density at radius 2 is 2.11 bits per heavy atom. The normalized spacial score (nSPS) is 10.5. The largest absolute Gasteiger partial charge is 0.382 e. The van der Waals surface area contributed by atoms with E-state index >= 15 is 0 Å². The van der Waals surface area contributed by atoms with E-state index in [0.717, 1.165) is 5.56 Å². The van der Waals surface area contributed by atoms with E-state index in [1.807, 2.05) is 18.2 Å². The van der Waals surface area contributed by atoms with E-state index in [1.165, 1.54) is 9.58 Å². The molecule has 0 saturated carbocycles. The lowest BCUT2D eigenvalue weighted by atomic mass is 10.2. The minimum Gasteiger partial charge on any atom is -0.382 e. The molecule has 2 rings (SSSR count). The summed E-state index contributed by atoms with van der Waals surface area (Å²) in [5.74, 6) is -0.0403. The molecule has 1 aromatic heterocycles. The molecule has 6 nitrogen and oxygen atoms in total. The van der Waals surface area contributed by atoms with E-state index in [4.69, 9.17) is 17.3 Å². The molecular weight excluding hydrogens is 266 g/mol. The highest BCUT2D eigenvalue weighted by atomic mass is 35.5. The van der Waals surface area contributed by atoms with Crippen LogP contribution in [0.2, 0.25) is 5.02 Å². The number of carbonyl (C=O) groups is 1. The second kappa shape index (κ2) is 5.27. The van der Waals surface area contributed by atoms with Gasteiger partial charge in [-0.2, -0.15) is 0 Å². The van der Waals surface area contributed by atoms with Crippen LogP contribution in [0.3, 0.4) is 0 Å². The van der Waals surface area contributed by atoms with Crippen molar-refractivity contribution in [1.29, 1.82) is 0 Å². The summed E-state index contributed by atoms with van der Waals surface area (Å²) in [7, 11) is 3.27. The van der Waals surface area contributed by atoms with Crippen LogP contribution >= 0.6 is 11.6 Å². The highest BCUT2D eigenvalue weighted by molar-refractivity contribution is 6.31. The fourth-order valence-electron chi connectivity index (χ4n) is 1.59. The van der Waals surface area contributed by atoms with E-state index in [1.54, 1.807) is 20.2 Å². The summed E-state index contributed by atoms with van der Waals surface area (Å²) in [6, 6.07) is 7.38.